The van der Waals surface area contributed by atoms with E-state index < -0.39 is 0 Å². The molecule has 1 aliphatic rings. The lowest BCUT2D eigenvalue weighted by Crippen LogP contribution is -2.46. The molecule has 2 rings (SSSR count). The number of hydrogen-bond donors (Lipinski definition) is 2. The Morgan fingerprint density at radius 3 is 2.59 bits per heavy atom. The highest BCUT2D eigenvalue weighted by molar-refractivity contribution is 5.17. The summed E-state index contributed by atoms with van der Waals surface area (Å²) in [6.07, 6.45) is 3.87. The molecule has 2 N–H and O–H groups in total. The summed E-state index contributed by atoms with van der Waals surface area (Å²) >= 11 is 0. The summed E-state index contributed by atoms with van der Waals surface area (Å²) in [4.78, 5) is 0. The van der Waals surface area contributed by atoms with Crippen LogP contribution >= 0.6 is 0 Å². The molecule has 94 valence electrons. The largest absolute Gasteiger partial charge is 0.319 e. The van der Waals surface area contributed by atoms with Gasteiger partial charge in [-0.2, -0.15) is 0 Å². The van der Waals surface area contributed by atoms with Crippen LogP contribution in [0.2, 0.25) is 0 Å². The second kappa shape index (κ2) is 5.61. The molecule has 1 aliphatic carbocycles. The van der Waals surface area contributed by atoms with E-state index in [1.165, 1.54) is 25.3 Å². The highest BCUT2D eigenvalue weighted by Crippen LogP contribution is 2.39. The van der Waals surface area contributed by atoms with Crippen molar-refractivity contribution in [1.82, 2.24) is 10.6 Å². The number of halogens is 1. The standard InChI is InChI=1S/C14H21FN2/c1-16-10-14(7-4-8-14)11-17-9-12-5-2-3-6-13(12)15/h2-3,5-6,16-17H,4,7-11H2,1H3. The lowest BCUT2D eigenvalue weighted by Gasteiger charge is -2.42. The molecule has 0 aliphatic heterocycles. The second-order valence-corrected chi connectivity index (χ2v) is 5.08. The van der Waals surface area contributed by atoms with Gasteiger partial charge in [0.1, 0.15) is 5.82 Å². The van der Waals surface area contributed by atoms with E-state index >= 15 is 0 Å². The van der Waals surface area contributed by atoms with Crippen LogP contribution in [0, 0.1) is 11.2 Å². The molecule has 1 saturated carbocycles. The molecule has 0 bridgehead atoms. The first-order chi connectivity index (χ1) is 8.26. The third-order valence-corrected chi connectivity index (χ3v) is 3.74. The van der Waals surface area contributed by atoms with Crippen LogP contribution < -0.4 is 10.6 Å². The molecule has 0 aromatic heterocycles. The van der Waals surface area contributed by atoms with E-state index in [-0.39, 0.29) is 5.82 Å². The van der Waals surface area contributed by atoms with Crippen molar-refractivity contribution in [2.24, 2.45) is 5.41 Å². The molecule has 2 nitrogen and oxygen atoms in total. The minimum Gasteiger partial charge on any atom is -0.319 e. The van der Waals surface area contributed by atoms with Gasteiger partial charge in [0.15, 0.2) is 0 Å². The van der Waals surface area contributed by atoms with E-state index in [4.69, 9.17) is 0 Å². The molecule has 0 atom stereocenters. The van der Waals surface area contributed by atoms with Crippen molar-refractivity contribution in [3.8, 4) is 0 Å². The van der Waals surface area contributed by atoms with Gasteiger partial charge in [-0.25, -0.2) is 4.39 Å². The van der Waals surface area contributed by atoms with Gasteiger partial charge in [-0.1, -0.05) is 24.6 Å². The minimum absolute atomic E-state index is 0.115. The number of hydrogen-bond acceptors (Lipinski definition) is 2. The van der Waals surface area contributed by atoms with Gasteiger partial charge >= 0.3 is 0 Å². The Balaban J connectivity index is 1.81. The van der Waals surface area contributed by atoms with E-state index in [2.05, 4.69) is 10.6 Å². The quantitative estimate of drug-likeness (QED) is 0.792. The molecular formula is C14H21FN2. The lowest BCUT2D eigenvalue weighted by atomic mass is 9.68. The number of benzene rings is 1. The number of nitrogens with one attached hydrogen (secondary N) is 2. The molecule has 0 saturated heterocycles. The third kappa shape index (κ3) is 3.05. The Kier molecular flexibility index (Phi) is 4.13. The molecule has 17 heavy (non-hydrogen) atoms. The SMILES string of the molecule is CNCC1(CNCc2ccccc2F)CCC1. The molecule has 1 aromatic carbocycles. The predicted molar refractivity (Wildman–Crippen MR) is 68.3 cm³/mol. The summed E-state index contributed by atoms with van der Waals surface area (Å²) in [5.74, 6) is -0.115. The molecule has 3 heteroatoms. The monoisotopic (exact) mass is 236 g/mol. The summed E-state index contributed by atoms with van der Waals surface area (Å²) in [6.45, 7) is 2.65. The van der Waals surface area contributed by atoms with Crippen LogP contribution in [0.4, 0.5) is 4.39 Å². The number of rotatable bonds is 6. The highest BCUT2D eigenvalue weighted by atomic mass is 19.1. The Bertz CT molecular complexity index is 361. The van der Waals surface area contributed by atoms with Crippen molar-refractivity contribution in [3.63, 3.8) is 0 Å². The zero-order chi connectivity index (χ0) is 12.1. The summed E-state index contributed by atoms with van der Waals surface area (Å²) < 4.78 is 13.4. The lowest BCUT2D eigenvalue weighted by molar-refractivity contribution is 0.130. The maximum absolute atomic E-state index is 13.4. The molecule has 0 radical (unpaired) electrons. The molecular weight excluding hydrogens is 215 g/mol. The van der Waals surface area contributed by atoms with Crippen molar-refractivity contribution in [2.45, 2.75) is 25.8 Å². The van der Waals surface area contributed by atoms with Crippen LogP contribution in [0.3, 0.4) is 0 Å². The first-order valence-corrected chi connectivity index (χ1v) is 6.34. The van der Waals surface area contributed by atoms with Crippen LogP contribution in [0.15, 0.2) is 24.3 Å². The Morgan fingerprint density at radius 1 is 1.24 bits per heavy atom. The summed E-state index contributed by atoms with van der Waals surface area (Å²) in [6, 6.07) is 6.97. The Hall–Kier alpha value is -0.930. The topological polar surface area (TPSA) is 24.1 Å². The van der Waals surface area contributed by atoms with E-state index in [1.54, 1.807) is 6.07 Å². The first-order valence-electron chi connectivity index (χ1n) is 6.34. The van der Waals surface area contributed by atoms with E-state index in [0.29, 0.717) is 12.0 Å². The van der Waals surface area contributed by atoms with Crippen molar-refractivity contribution in [2.75, 3.05) is 20.1 Å². The fraction of sp³-hybridized carbons (Fsp3) is 0.571. The second-order valence-electron chi connectivity index (χ2n) is 5.08. The van der Waals surface area contributed by atoms with Gasteiger partial charge in [0.05, 0.1) is 0 Å². The third-order valence-electron chi connectivity index (χ3n) is 3.74. The Morgan fingerprint density at radius 2 is 2.00 bits per heavy atom. The fourth-order valence-electron chi connectivity index (χ4n) is 2.57. The van der Waals surface area contributed by atoms with Crippen LogP contribution in [0.5, 0.6) is 0 Å². The van der Waals surface area contributed by atoms with Gasteiger partial charge in [0, 0.05) is 25.2 Å². The first kappa shape index (κ1) is 12.5. The maximum atomic E-state index is 13.4. The average Bonchev–Trinajstić information content (AvgIpc) is 2.28. The van der Waals surface area contributed by atoms with Gasteiger partial charge in [0.2, 0.25) is 0 Å². The summed E-state index contributed by atoms with van der Waals surface area (Å²) in [7, 11) is 2.00. The van der Waals surface area contributed by atoms with Gasteiger partial charge < -0.3 is 10.6 Å². The van der Waals surface area contributed by atoms with Crippen LogP contribution in [-0.4, -0.2) is 20.1 Å². The fourth-order valence-corrected chi connectivity index (χ4v) is 2.57. The van der Waals surface area contributed by atoms with Crippen LogP contribution in [0.1, 0.15) is 24.8 Å². The molecule has 1 aromatic rings. The van der Waals surface area contributed by atoms with Crippen molar-refractivity contribution in [1.29, 1.82) is 0 Å². The predicted octanol–water partition coefficient (Wildman–Crippen LogP) is 2.30. The zero-order valence-corrected chi connectivity index (χ0v) is 10.4. The van der Waals surface area contributed by atoms with E-state index in [0.717, 1.165) is 18.7 Å². The molecule has 0 spiro atoms. The van der Waals surface area contributed by atoms with Gasteiger partial charge in [-0.15, -0.1) is 0 Å². The molecule has 0 unspecified atom stereocenters. The molecule has 1 fully saturated rings. The van der Waals surface area contributed by atoms with Crippen LogP contribution in [-0.2, 0) is 6.54 Å². The van der Waals surface area contributed by atoms with Gasteiger partial charge in [0.25, 0.3) is 0 Å². The molecule has 0 heterocycles. The van der Waals surface area contributed by atoms with E-state index in [1.807, 2.05) is 19.2 Å². The van der Waals surface area contributed by atoms with Crippen molar-refractivity contribution >= 4 is 0 Å². The summed E-state index contributed by atoms with van der Waals surface area (Å²) in [5, 5.41) is 6.65. The normalized spacial score (nSPS) is 17.8. The smallest absolute Gasteiger partial charge is 0.127 e. The Labute approximate surface area is 103 Å². The van der Waals surface area contributed by atoms with E-state index in [9.17, 15) is 4.39 Å². The van der Waals surface area contributed by atoms with Crippen LogP contribution in [0.25, 0.3) is 0 Å². The van der Waals surface area contributed by atoms with Gasteiger partial charge in [-0.05, 0) is 31.4 Å². The van der Waals surface area contributed by atoms with Gasteiger partial charge in [-0.3, -0.25) is 0 Å². The average molecular weight is 236 g/mol. The van der Waals surface area contributed by atoms with Crippen molar-refractivity contribution in [3.05, 3.63) is 35.6 Å². The van der Waals surface area contributed by atoms with Crippen molar-refractivity contribution < 1.29 is 4.39 Å². The maximum Gasteiger partial charge on any atom is 0.127 e. The zero-order valence-electron chi connectivity index (χ0n) is 10.4. The minimum atomic E-state index is -0.115. The summed E-state index contributed by atoms with van der Waals surface area (Å²) in [5.41, 5.74) is 1.16. The molecule has 0 amide bonds. The highest BCUT2D eigenvalue weighted by Gasteiger charge is 2.35.